The van der Waals surface area contributed by atoms with E-state index in [0.717, 1.165) is 17.9 Å². The van der Waals surface area contributed by atoms with E-state index in [0.29, 0.717) is 18.4 Å². The molecule has 5 heteroatoms. The normalized spacial score (nSPS) is 11.7. The molecule has 0 aliphatic rings. The van der Waals surface area contributed by atoms with Gasteiger partial charge in [-0.3, -0.25) is 0 Å². The lowest BCUT2D eigenvalue weighted by Gasteiger charge is -2.11. The molecule has 1 heterocycles. The van der Waals surface area contributed by atoms with Crippen LogP contribution in [0, 0.1) is 5.92 Å². The summed E-state index contributed by atoms with van der Waals surface area (Å²) in [6.45, 7) is 5.67. The molecule has 0 radical (unpaired) electrons. The average molecular weight is 249 g/mol. The second-order valence-electron chi connectivity index (χ2n) is 4.89. The van der Waals surface area contributed by atoms with Crippen molar-refractivity contribution in [2.24, 2.45) is 16.6 Å². The Morgan fingerprint density at radius 2 is 2.22 bits per heavy atom. The van der Waals surface area contributed by atoms with Crippen molar-refractivity contribution >= 4 is 11.8 Å². The van der Waals surface area contributed by atoms with Gasteiger partial charge in [0.1, 0.15) is 5.82 Å². The van der Waals surface area contributed by atoms with Crippen LogP contribution in [0.2, 0.25) is 0 Å². The van der Waals surface area contributed by atoms with Crippen LogP contribution in [0.4, 0.5) is 5.82 Å². The van der Waals surface area contributed by atoms with Crippen molar-refractivity contribution in [3.8, 4) is 0 Å². The quantitative estimate of drug-likeness (QED) is 0.608. The molecule has 0 saturated carbocycles. The highest BCUT2D eigenvalue weighted by atomic mass is 15.1. The molecule has 0 amide bonds. The van der Waals surface area contributed by atoms with Crippen LogP contribution in [0.1, 0.15) is 19.4 Å². The van der Waals surface area contributed by atoms with Crippen LogP contribution < -0.4 is 16.0 Å². The standard InChI is InChI=1S/C13H23N5/c1-10(2)8-16-13(14)17-9-11-5-6-15-12(7-11)18(3)4/h5-7,10H,8-9H2,1-4H3,(H3,14,16,17). The number of nitrogens with one attached hydrogen (secondary N) is 1. The number of nitrogens with zero attached hydrogens (tertiary/aromatic N) is 3. The topological polar surface area (TPSA) is 66.5 Å². The summed E-state index contributed by atoms with van der Waals surface area (Å²) in [5.74, 6) is 1.98. The largest absolute Gasteiger partial charge is 0.370 e. The lowest BCUT2D eigenvalue weighted by Crippen LogP contribution is -2.34. The van der Waals surface area contributed by atoms with E-state index >= 15 is 0 Å². The molecule has 5 nitrogen and oxygen atoms in total. The van der Waals surface area contributed by atoms with E-state index in [2.05, 4.69) is 29.1 Å². The van der Waals surface area contributed by atoms with E-state index in [1.54, 1.807) is 6.20 Å². The average Bonchev–Trinajstić information content (AvgIpc) is 2.34. The van der Waals surface area contributed by atoms with Crippen LogP contribution in [-0.2, 0) is 6.54 Å². The minimum atomic E-state index is 0.493. The van der Waals surface area contributed by atoms with Gasteiger partial charge < -0.3 is 16.0 Å². The summed E-state index contributed by atoms with van der Waals surface area (Å²) in [6.07, 6.45) is 1.79. The first-order chi connectivity index (χ1) is 8.49. The maximum Gasteiger partial charge on any atom is 0.188 e. The molecular weight excluding hydrogens is 226 g/mol. The van der Waals surface area contributed by atoms with Crippen molar-refractivity contribution in [3.63, 3.8) is 0 Å². The number of aromatic nitrogens is 1. The second-order valence-corrected chi connectivity index (χ2v) is 4.89. The van der Waals surface area contributed by atoms with Gasteiger partial charge >= 0.3 is 0 Å². The highest BCUT2D eigenvalue weighted by Crippen LogP contribution is 2.10. The minimum Gasteiger partial charge on any atom is -0.370 e. The van der Waals surface area contributed by atoms with Crippen LogP contribution >= 0.6 is 0 Å². The van der Waals surface area contributed by atoms with Gasteiger partial charge in [-0.05, 0) is 23.6 Å². The molecule has 0 aliphatic carbocycles. The molecule has 0 unspecified atom stereocenters. The third kappa shape index (κ3) is 5.03. The van der Waals surface area contributed by atoms with Gasteiger partial charge in [-0.25, -0.2) is 9.98 Å². The monoisotopic (exact) mass is 249 g/mol. The molecule has 1 rings (SSSR count). The third-order valence-electron chi connectivity index (χ3n) is 2.39. The van der Waals surface area contributed by atoms with Gasteiger partial charge in [-0.1, -0.05) is 13.8 Å². The summed E-state index contributed by atoms with van der Waals surface area (Å²) >= 11 is 0. The van der Waals surface area contributed by atoms with Crippen molar-refractivity contribution < 1.29 is 0 Å². The molecule has 0 saturated heterocycles. The molecule has 3 N–H and O–H groups in total. The summed E-state index contributed by atoms with van der Waals surface area (Å²) < 4.78 is 0. The highest BCUT2D eigenvalue weighted by Gasteiger charge is 1.99. The maximum atomic E-state index is 5.78. The number of guanidine groups is 1. The van der Waals surface area contributed by atoms with E-state index in [1.807, 2.05) is 31.1 Å². The van der Waals surface area contributed by atoms with E-state index in [-0.39, 0.29) is 0 Å². The van der Waals surface area contributed by atoms with Gasteiger partial charge in [0.25, 0.3) is 0 Å². The number of anilines is 1. The maximum absolute atomic E-state index is 5.78. The lowest BCUT2D eigenvalue weighted by molar-refractivity contribution is 0.622. The number of nitrogens with two attached hydrogens (primary N) is 1. The molecule has 18 heavy (non-hydrogen) atoms. The van der Waals surface area contributed by atoms with Crippen LogP contribution in [0.25, 0.3) is 0 Å². The lowest BCUT2D eigenvalue weighted by atomic mass is 10.2. The molecular formula is C13H23N5. The first-order valence-electron chi connectivity index (χ1n) is 6.15. The molecule has 0 bridgehead atoms. The van der Waals surface area contributed by atoms with Gasteiger partial charge in [0.05, 0.1) is 6.54 Å². The Kier molecular flexibility index (Phi) is 5.42. The predicted octanol–water partition coefficient (Wildman–Crippen LogP) is 1.21. The predicted molar refractivity (Wildman–Crippen MR) is 76.7 cm³/mol. The summed E-state index contributed by atoms with van der Waals surface area (Å²) in [7, 11) is 3.93. The molecule has 1 aromatic rings. The Bertz CT molecular complexity index is 398. The Morgan fingerprint density at radius 3 is 2.83 bits per heavy atom. The smallest absolute Gasteiger partial charge is 0.188 e. The van der Waals surface area contributed by atoms with E-state index in [1.165, 1.54) is 0 Å². The first-order valence-corrected chi connectivity index (χ1v) is 6.15. The number of pyridine rings is 1. The molecule has 0 aliphatic heterocycles. The Morgan fingerprint density at radius 1 is 1.50 bits per heavy atom. The third-order valence-corrected chi connectivity index (χ3v) is 2.39. The Labute approximate surface area is 109 Å². The Hall–Kier alpha value is -1.78. The van der Waals surface area contributed by atoms with Gasteiger partial charge in [-0.15, -0.1) is 0 Å². The van der Waals surface area contributed by atoms with Gasteiger partial charge in [0, 0.05) is 26.8 Å². The Balaban J connectivity index is 2.56. The number of hydrogen-bond acceptors (Lipinski definition) is 3. The second kappa shape index (κ2) is 6.83. The summed E-state index contributed by atoms with van der Waals surface area (Å²) in [6, 6.07) is 3.96. The summed E-state index contributed by atoms with van der Waals surface area (Å²) in [4.78, 5) is 10.5. The zero-order valence-corrected chi connectivity index (χ0v) is 11.6. The molecule has 1 aromatic heterocycles. The minimum absolute atomic E-state index is 0.493. The van der Waals surface area contributed by atoms with Gasteiger partial charge in [-0.2, -0.15) is 0 Å². The highest BCUT2D eigenvalue weighted by molar-refractivity contribution is 5.77. The fourth-order valence-corrected chi connectivity index (χ4v) is 1.34. The zero-order valence-electron chi connectivity index (χ0n) is 11.6. The SMILES string of the molecule is CC(C)CNC(N)=NCc1ccnc(N(C)C)c1. The molecule has 100 valence electrons. The van der Waals surface area contributed by atoms with E-state index in [4.69, 9.17) is 5.73 Å². The van der Waals surface area contributed by atoms with E-state index in [9.17, 15) is 0 Å². The van der Waals surface area contributed by atoms with Crippen molar-refractivity contribution in [2.75, 3.05) is 25.5 Å². The van der Waals surface area contributed by atoms with Crippen LogP contribution in [0.15, 0.2) is 23.3 Å². The van der Waals surface area contributed by atoms with Crippen molar-refractivity contribution in [3.05, 3.63) is 23.9 Å². The molecule has 0 aromatic carbocycles. The van der Waals surface area contributed by atoms with Crippen molar-refractivity contribution in [1.29, 1.82) is 0 Å². The number of aliphatic imine (C=N–C) groups is 1. The molecule has 0 atom stereocenters. The van der Waals surface area contributed by atoms with E-state index < -0.39 is 0 Å². The molecule has 0 fully saturated rings. The fraction of sp³-hybridized carbons (Fsp3) is 0.538. The van der Waals surface area contributed by atoms with Gasteiger partial charge in [0.2, 0.25) is 0 Å². The summed E-state index contributed by atoms with van der Waals surface area (Å²) in [5, 5.41) is 3.09. The first kappa shape index (κ1) is 14.3. The van der Waals surface area contributed by atoms with Crippen molar-refractivity contribution in [2.45, 2.75) is 20.4 Å². The molecule has 0 spiro atoms. The van der Waals surface area contributed by atoms with Crippen LogP contribution in [-0.4, -0.2) is 31.6 Å². The number of hydrogen-bond donors (Lipinski definition) is 2. The van der Waals surface area contributed by atoms with Crippen molar-refractivity contribution in [1.82, 2.24) is 10.3 Å². The van der Waals surface area contributed by atoms with Crippen LogP contribution in [0.3, 0.4) is 0 Å². The van der Waals surface area contributed by atoms with Crippen LogP contribution in [0.5, 0.6) is 0 Å². The zero-order chi connectivity index (χ0) is 13.5. The fourth-order valence-electron chi connectivity index (χ4n) is 1.34. The summed E-state index contributed by atoms with van der Waals surface area (Å²) in [5.41, 5.74) is 6.88. The number of rotatable bonds is 5. The van der Waals surface area contributed by atoms with Gasteiger partial charge in [0.15, 0.2) is 5.96 Å².